The van der Waals surface area contributed by atoms with Crippen LogP contribution in [0.2, 0.25) is 0 Å². The maximum absolute atomic E-state index is 12.6. The quantitative estimate of drug-likeness (QED) is 0.355. The Kier molecular flexibility index (Phi) is 3.35. The molecule has 0 spiro atoms. The third kappa shape index (κ3) is 2.38. The maximum atomic E-state index is 12.6. The van der Waals surface area contributed by atoms with E-state index in [1.165, 1.54) is 0 Å². The molecule has 0 radical (unpaired) electrons. The first-order chi connectivity index (χ1) is 6.54. The summed E-state index contributed by atoms with van der Waals surface area (Å²) in [5, 5.41) is 0. The molecule has 0 aliphatic heterocycles. The monoisotopic (exact) mass is 222 g/mol. The smallest absolute Gasteiger partial charge is 0.194 e. The second-order valence-corrected chi connectivity index (χ2v) is 2.73. The molecule has 6 heteroatoms. The zero-order chi connectivity index (χ0) is 10.7. The largest absolute Gasteiger partial charge is 0.386 e. The summed E-state index contributed by atoms with van der Waals surface area (Å²) in [6.45, 7) is 0. The number of halogens is 4. The minimum absolute atomic E-state index is 0.00271. The van der Waals surface area contributed by atoms with Gasteiger partial charge in [0.25, 0.3) is 0 Å². The molecule has 0 saturated carbocycles. The molecule has 1 aromatic carbocycles. The van der Waals surface area contributed by atoms with E-state index in [0.29, 0.717) is 0 Å². The fourth-order valence-electron chi connectivity index (χ4n) is 0.802. The SMILES string of the molecule is NC(CCl)=Nc1cc(F)c(F)c(F)c1. The standard InChI is InChI=1S/C8H6ClF3N2/c9-3-7(13)14-4-1-5(10)8(12)6(11)2-4/h1-2H,3H2,(H2,13,14). The molecule has 0 atom stereocenters. The third-order valence-electron chi connectivity index (χ3n) is 1.38. The molecule has 1 aromatic rings. The fourth-order valence-corrected chi connectivity index (χ4v) is 0.862. The zero-order valence-electron chi connectivity index (χ0n) is 6.90. The molecule has 0 heterocycles. The van der Waals surface area contributed by atoms with Crippen LogP contribution in [0, 0.1) is 17.5 Å². The van der Waals surface area contributed by atoms with Crippen molar-refractivity contribution in [1.82, 2.24) is 0 Å². The number of rotatable bonds is 2. The molecule has 0 saturated heterocycles. The summed E-state index contributed by atoms with van der Waals surface area (Å²) >= 11 is 5.30. The minimum Gasteiger partial charge on any atom is -0.386 e. The first kappa shape index (κ1) is 10.8. The average Bonchev–Trinajstić information content (AvgIpc) is 2.14. The Bertz CT molecular complexity index is 356. The van der Waals surface area contributed by atoms with Gasteiger partial charge in [-0.05, 0) is 0 Å². The molecule has 0 bridgehead atoms. The Morgan fingerprint density at radius 3 is 2.21 bits per heavy atom. The third-order valence-corrected chi connectivity index (χ3v) is 1.65. The highest BCUT2D eigenvalue weighted by Gasteiger charge is 2.09. The summed E-state index contributed by atoms with van der Waals surface area (Å²) < 4.78 is 37.7. The molecule has 1 rings (SSSR count). The Morgan fingerprint density at radius 1 is 1.29 bits per heavy atom. The van der Waals surface area contributed by atoms with Crippen molar-refractivity contribution >= 4 is 23.1 Å². The molecule has 0 fully saturated rings. The van der Waals surface area contributed by atoms with E-state index in [4.69, 9.17) is 17.3 Å². The number of aliphatic imine (C=N–C) groups is 1. The van der Waals surface area contributed by atoms with Crippen molar-refractivity contribution in [1.29, 1.82) is 0 Å². The van der Waals surface area contributed by atoms with Gasteiger partial charge in [-0.2, -0.15) is 0 Å². The maximum Gasteiger partial charge on any atom is 0.194 e. The molecule has 0 aromatic heterocycles. The van der Waals surface area contributed by atoms with E-state index in [1.807, 2.05) is 0 Å². The van der Waals surface area contributed by atoms with Gasteiger partial charge < -0.3 is 5.73 Å². The predicted octanol–water partition coefficient (Wildman–Crippen LogP) is 2.33. The van der Waals surface area contributed by atoms with E-state index < -0.39 is 17.5 Å². The summed E-state index contributed by atoms with van der Waals surface area (Å²) in [5.74, 6) is -4.23. The van der Waals surface area contributed by atoms with Crippen LogP contribution in [0.15, 0.2) is 17.1 Å². The van der Waals surface area contributed by atoms with Gasteiger partial charge in [-0.25, -0.2) is 18.2 Å². The highest BCUT2D eigenvalue weighted by atomic mass is 35.5. The zero-order valence-corrected chi connectivity index (χ0v) is 7.65. The molecule has 76 valence electrons. The Labute approximate surface area is 83.2 Å². The second-order valence-electron chi connectivity index (χ2n) is 2.46. The molecule has 14 heavy (non-hydrogen) atoms. The molecule has 0 amide bonds. The van der Waals surface area contributed by atoms with Crippen LogP contribution >= 0.6 is 11.6 Å². The number of benzene rings is 1. The molecular weight excluding hydrogens is 217 g/mol. The Morgan fingerprint density at radius 2 is 1.79 bits per heavy atom. The number of nitrogens with two attached hydrogens (primary N) is 1. The first-order valence-corrected chi connectivity index (χ1v) is 4.11. The summed E-state index contributed by atoms with van der Waals surface area (Å²) in [5.41, 5.74) is 5.11. The van der Waals surface area contributed by atoms with E-state index in [-0.39, 0.29) is 17.4 Å². The van der Waals surface area contributed by atoms with E-state index in [1.54, 1.807) is 0 Å². The van der Waals surface area contributed by atoms with Gasteiger partial charge in [-0.3, -0.25) is 0 Å². The van der Waals surface area contributed by atoms with Crippen molar-refractivity contribution in [2.45, 2.75) is 0 Å². The van der Waals surface area contributed by atoms with Crippen LogP contribution in [0.1, 0.15) is 0 Å². The first-order valence-electron chi connectivity index (χ1n) is 3.58. The van der Waals surface area contributed by atoms with Gasteiger partial charge >= 0.3 is 0 Å². The van der Waals surface area contributed by atoms with Crippen LogP contribution in [0.3, 0.4) is 0 Å². The van der Waals surface area contributed by atoms with Gasteiger partial charge in [0, 0.05) is 12.1 Å². The Hall–Kier alpha value is -1.23. The highest BCUT2D eigenvalue weighted by Crippen LogP contribution is 2.19. The number of alkyl halides is 1. The molecule has 0 aliphatic rings. The van der Waals surface area contributed by atoms with E-state index >= 15 is 0 Å². The summed E-state index contributed by atoms with van der Waals surface area (Å²) in [4.78, 5) is 3.56. The number of hydrogen-bond donors (Lipinski definition) is 1. The second kappa shape index (κ2) is 4.32. The summed E-state index contributed by atoms with van der Waals surface area (Å²) in [6, 6.07) is 1.47. The molecule has 0 aliphatic carbocycles. The fraction of sp³-hybridized carbons (Fsp3) is 0.125. The number of amidine groups is 1. The van der Waals surface area contributed by atoms with Crippen LogP contribution in [-0.4, -0.2) is 11.7 Å². The van der Waals surface area contributed by atoms with Crippen LogP contribution in [0.25, 0.3) is 0 Å². The Balaban J connectivity index is 3.13. The topological polar surface area (TPSA) is 38.4 Å². The van der Waals surface area contributed by atoms with Gasteiger partial charge in [-0.1, -0.05) is 0 Å². The summed E-state index contributed by atoms with van der Waals surface area (Å²) in [7, 11) is 0. The van der Waals surface area contributed by atoms with Crippen molar-refractivity contribution in [3.63, 3.8) is 0 Å². The van der Waals surface area contributed by atoms with E-state index in [9.17, 15) is 13.2 Å². The van der Waals surface area contributed by atoms with Crippen LogP contribution < -0.4 is 5.73 Å². The van der Waals surface area contributed by atoms with Crippen molar-refractivity contribution < 1.29 is 13.2 Å². The lowest BCUT2D eigenvalue weighted by atomic mass is 10.3. The molecule has 0 unspecified atom stereocenters. The van der Waals surface area contributed by atoms with Crippen molar-refractivity contribution in [3.8, 4) is 0 Å². The van der Waals surface area contributed by atoms with Crippen molar-refractivity contribution in [3.05, 3.63) is 29.6 Å². The molecule has 2 N–H and O–H groups in total. The van der Waals surface area contributed by atoms with Gasteiger partial charge in [0.2, 0.25) is 0 Å². The molecule has 2 nitrogen and oxygen atoms in total. The predicted molar refractivity (Wildman–Crippen MR) is 48.3 cm³/mol. The lowest BCUT2D eigenvalue weighted by molar-refractivity contribution is 0.447. The van der Waals surface area contributed by atoms with Crippen molar-refractivity contribution in [2.75, 3.05) is 5.88 Å². The highest BCUT2D eigenvalue weighted by molar-refractivity contribution is 6.28. The van der Waals surface area contributed by atoms with E-state index in [2.05, 4.69) is 4.99 Å². The van der Waals surface area contributed by atoms with Gasteiger partial charge in [-0.15, -0.1) is 11.6 Å². The van der Waals surface area contributed by atoms with Gasteiger partial charge in [0.1, 0.15) is 5.84 Å². The van der Waals surface area contributed by atoms with Gasteiger partial charge in [0.05, 0.1) is 11.6 Å². The average molecular weight is 223 g/mol. The lowest BCUT2D eigenvalue weighted by Crippen LogP contribution is -2.12. The minimum atomic E-state index is -1.53. The molecular formula is C8H6ClF3N2. The van der Waals surface area contributed by atoms with Crippen LogP contribution in [-0.2, 0) is 0 Å². The normalized spacial score (nSPS) is 11.9. The lowest BCUT2D eigenvalue weighted by Gasteiger charge is -1.99. The van der Waals surface area contributed by atoms with Crippen LogP contribution in [0.4, 0.5) is 18.9 Å². The van der Waals surface area contributed by atoms with Crippen molar-refractivity contribution in [2.24, 2.45) is 10.7 Å². The number of hydrogen-bond acceptors (Lipinski definition) is 1. The van der Waals surface area contributed by atoms with Crippen LogP contribution in [0.5, 0.6) is 0 Å². The van der Waals surface area contributed by atoms with E-state index in [0.717, 1.165) is 12.1 Å². The summed E-state index contributed by atoms with van der Waals surface area (Å²) in [6.07, 6.45) is 0. The number of nitrogens with zero attached hydrogens (tertiary/aromatic N) is 1. The van der Waals surface area contributed by atoms with Gasteiger partial charge in [0.15, 0.2) is 17.5 Å².